The quantitative estimate of drug-likeness (QED) is 0.251. The fourth-order valence-electron chi connectivity index (χ4n) is 7.55. The molecule has 1 aliphatic carbocycles. The van der Waals surface area contributed by atoms with E-state index in [1.807, 2.05) is 68.1 Å². The molecule has 0 N–H and O–H groups in total. The van der Waals surface area contributed by atoms with Crippen LogP contribution in [0.4, 0.5) is 15.8 Å². The first kappa shape index (κ1) is 34.1. The maximum Gasteiger partial charge on any atom is 0.236 e. The average molecular weight is 677 g/mol. The lowest BCUT2D eigenvalue weighted by molar-refractivity contribution is -0.135. The van der Waals surface area contributed by atoms with E-state index in [4.69, 9.17) is 21.1 Å². The van der Waals surface area contributed by atoms with E-state index in [0.29, 0.717) is 46.4 Å². The highest BCUT2D eigenvalue weighted by Crippen LogP contribution is 2.44. The zero-order valence-electron chi connectivity index (χ0n) is 28.5. The van der Waals surface area contributed by atoms with Crippen LogP contribution >= 0.6 is 11.6 Å². The second-order valence-electron chi connectivity index (χ2n) is 13.7. The van der Waals surface area contributed by atoms with Crippen LogP contribution in [0.15, 0.2) is 54.6 Å². The van der Waals surface area contributed by atoms with E-state index in [1.54, 1.807) is 30.2 Å². The number of methoxy groups -OCH3 is 1. The predicted molar refractivity (Wildman–Crippen MR) is 188 cm³/mol. The average Bonchev–Trinajstić information content (AvgIpc) is 3.06. The van der Waals surface area contributed by atoms with Crippen molar-refractivity contribution in [3.63, 3.8) is 0 Å². The molecule has 2 aliphatic heterocycles. The van der Waals surface area contributed by atoms with Gasteiger partial charge in [0.25, 0.3) is 0 Å². The second-order valence-corrected chi connectivity index (χ2v) is 14.2. The normalized spacial score (nSPS) is 21.8. The van der Waals surface area contributed by atoms with Crippen LogP contribution in [0.3, 0.4) is 0 Å². The molecule has 0 radical (unpaired) electrons. The van der Waals surface area contributed by atoms with Gasteiger partial charge in [-0.2, -0.15) is 0 Å². The molecular formula is C38H46ClFN4O4. The number of benzene rings is 3. The van der Waals surface area contributed by atoms with Gasteiger partial charge in [-0.25, -0.2) is 4.39 Å². The van der Waals surface area contributed by atoms with Crippen LogP contribution in [0, 0.1) is 11.7 Å². The highest BCUT2D eigenvalue weighted by atomic mass is 35.5. The van der Waals surface area contributed by atoms with E-state index < -0.39 is 6.04 Å². The lowest BCUT2D eigenvalue weighted by Crippen LogP contribution is -2.53. The minimum Gasteiger partial charge on any atom is -0.493 e. The highest BCUT2D eigenvalue weighted by Gasteiger charge is 2.37. The third kappa shape index (κ3) is 7.13. The number of carbonyl (C=O) groups is 2. The zero-order chi connectivity index (χ0) is 34.1. The maximum atomic E-state index is 16.0. The molecule has 8 nitrogen and oxygen atoms in total. The van der Waals surface area contributed by atoms with Gasteiger partial charge in [-0.05, 0) is 105 Å². The van der Waals surface area contributed by atoms with Crippen LogP contribution in [0.2, 0.25) is 5.02 Å². The lowest BCUT2D eigenvalue weighted by Gasteiger charge is -2.41. The largest absolute Gasteiger partial charge is 0.493 e. The Morgan fingerprint density at radius 3 is 2.33 bits per heavy atom. The molecule has 1 atom stereocenters. The van der Waals surface area contributed by atoms with Gasteiger partial charge >= 0.3 is 0 Å². The van der Waals surface area contributed by atoms with Crippen molar-refractivity contribution in [2.75, 3.05) is 57.2 Å². The number of nitrogens with zero attached hydrogens (tertiary/aromatic N) is 4. The van der Waals surface area contributed by atoms with Crippen LogP contribution in [-0.4, -0.2) is 81.1 Å². The molecule has 6 rings (SSSR count). The Hall–Kier alpha value is -3.82. The van der Waals surface area contributed by atoms with E-state index in [-0.39, 0.29) is 30.2 Å². The Morgan fingerprint density at radius 1 is 0.958 bits per heavy atom. The molecule has 0 spiro atoms. The molecule has 2 heterocycles. The molecular weight excluding hydrogens is 631 g/mol. The third-order valence-electron chi connectivity index (χ3n) is 10.1. The van der Waals surface area contributed by atoms with Gasteiger partial charge in [-0.3, -0.25) is 14.5 Å². The van der Waals surface area contributed by atoms with Gasteiger partial charge in [0, 0.05) is 50.5 Å². The molecule has 2 amide bonds. The van der Waals surface area contributed by atoms with E-state index in [1.165, 1.54) is 6.07 Å². The number of hydrogen-bond acceptors (Lipinski definition) is 6. The minimum absolute atomic E-state index is 0.0800. The van der Waals surface area contributed by atoms with Crippen molar-refractivity contribution in [2.45, 2.75) is 64.1 Å². The van der Waals surface area contributed by atoms with Gasteiger partial charge in [0.1, 0.15) is 5.82 Å². The highest BCUT2D eigenvalue weighted by molar-refractivity contribution is 6.30. The number of fused-ring (bicyclic) bond motifs is 1. The molecule has 2 fully saturated rings. The number of rotatable bonds is 9. The van der Waals surface area contributed by atoms with Crippen molar-refractivity contribution in [1.82, 2.24) is 9.80 Å². The maximum absolute atomic E-state index is 16.0. The van der Waals surface area contributed by atoms with Gasteiger partial charge in [0.05, 0.1) is 37.9 Å². The monoisotopic (exact) mass is 676 g/mol. The van der Waals surface area contributed by atoms with Gasteiger partial charge < -0.3 is 24.2 Å². The van der Waals surface area contributed by atoms with Crippen LogP contribution in [0.25, 0.3) is 0 Å². The SMILES string of the molecule is COc1cc2c(cc1OC(C)C)[C@H](c1ccc(Cl)cc1)N(c1ccc(N(C)C[C@H]3CC[C@H](N4CCN(C)C(=O)C4)CC3)c(F)c1)C(=O)C2. The molecule has 1 saturated heterocycles. The predicted octanol–water partition coefficient (Wildman–Crippen LogP) is 6.72. The third-order valence-corrected chi connectivity index (χ3v) is 10.4. The topological polar surface area (TPSA) is 65.6 Å². The van der Waals surface area contributed by atoms with Gasteiger partial charge in [0.2, 0.25) is 11.8 Å². The Labute approximate surface area is 288 Å². The molecule has 10 heteroatoms. The first-order valence-electron chi connectivity index (χ1n) is 17.0. The summed E-state index contributed by atoms with van der Waals surface area (Å²) < 4.78 is 27.8. The summed E-state index contributed by atoms with van der Waals surface area (Å²) in [6, 6.07) is 16.3. The summed E-state index contributed by atoms with van der Waals surface area (Å²) in [5.74, 6) is 1.30. The number of halogens is 2. The van der Waals surface area contributed by atoms with Crippen molar-refractivity contribution in [3.05, 3.63) is 82.1 Å². The zero-order valence-corrected chi connectivity index (χ0v) is 29.3. The fourth-order valence-corrected chi connectivity index (χ4v) is 7.68. The van der Waals surface area contributed by atoms with Crippen LogP contribution < -0.4 is 19.3 Å². The standard InChI is InChI=1S/C38H46ClFN4O4/c1-24(2)48-35-21-31-27(18-34(35)47-5)19-36(45)44(38(31)26-8-10-28(39)11-9-26)30-14-15-33(32(40)20-30)42(4)22-25-6-12-29(13-7-25)43-17-16-41(3)37(46)23-43/h8-11,14-15,18,20-21,24-25,29,38H,6-7,12-13,16-17,19,22-23H2,1-5H3/t25-,29-,38-/m0/s1. The summed E-state index contributed by atoms with van der Waals surface area (Å²) in [4.78, 5) is 34.0. The number of anilines is 2. The Bertz CT molecular complexity index is 1640. The smallest absolute Gasteiger partial charge is 0.236 e. The number of amides is 2. The lowest BCUT2D eigenvalue weighted by atomic mass is 9.84. The minimum atomic E-state index is -0.521. The Kier molecular flexibility index (Phi) is 10.2. The van der Waals surface area contributed by atoms with Crippen molar-refractivity contribution in [3.8, 4) is 11.5 Å². The van der Waals surface area contributed by atoms with Crippen molar-refractivity contribution in [1.29, 1.82) is 0 Å². The van der Waals surface area contributed by atoms with Gasteiger partial charge in [-0.15, -0.1) is 0 Å². The van der Waals surface area contributed by atoms with Crippen molar-refractivity contribution in [2.24, 2.45) is 5.92 Å². The molecule has 3 aliphatic rings. The molecule has 0 aromatic heterocycles. The molecule has 0 unspecified atom stereocenters. The molecule has 0 bridgehead atoms. The van der Waals surface area contributed by atoms with Crippen LogP contribution in [0.1, 0.15) is 62.3 Å². The fraction of sp³-hybridized carbons (Fsp3) is 0.474. The van der Waals surface area contributed by atoms with E-state index in [2.05, 4.69) is 4.90 Å². The molecule has 3 aromatic rings. The first-order valence-corrected chi connectivity index (χ1v) is 17.3. The van der Waals surface area contributed by atoms with Gasteiger partial charge in [-0.1, -0.05) is 23.7 Å². The summed E-state index contributed by atoms with van der Waals surface area (Å²) >= 11 is 6.26. The summed E-state index contributed by atoms with van der Waals surface area (Å²) in [6.07, 6.45) is 4.27. The van der Waals surface area contributed by atoms with Crippen LogP contribution in [0.5, 0.6) is 11.5 Å². The Morgan fingerprint density at radius 2 is 1.69 bits per heavy atom. The van der Waals surface area contributed by atoms with Crippen molar-refractivity contribution >= 4 is 34.8 Å². The van der Waals surface area contributed by atoms with E-state index in [0.717, 1.165) is 62.0 Å². The number of likely N-dealkylation sites (N-methyl/N-ethyl adjacent to an activating group) is 1. The number of ether oxygens (including phenoxy) is 2. The molecule has 48 heavy (non-hydrogen) atoms. The van der Waals surface area contributed by atoms with E-state index >= 15 is 4.39 Å². The Balaban J connectivity index is 1.22. The summed E-state index contributed by atoms with van der Waals surface area (Å²) in [5.41, 5.74) is 3.59. The van der Waals surface area contributed by atoms with Crippen LogP contribution in [-0.2, 0) is 16.0 Å². The van der Waals surface area contributed by atoms with E-state index in [9.17, 15) is 9.59 Å². The summed E-state index contributed by atoms with van der Waals surface area (Å²) in [6.45, 7) is 6.88. The summed E-state index contributed by atoms with van der Waals surface area (Å²) in [5, 5.41) is 0.590. The number of piperazine rings is 1. The molecule has 256 valence electrons. The summed E-state index contributed by atoms with van der Waals surface area (Å²) in [7, 11) is 5.40. The number of hydrogen-bond donors (Lipinski definition) is 0. The molecule has 1 saturated carbocycles. The first-order chi connectivity index (χ1) is 23.0. The molecule has 3 aromatic carbocycles. The van der Waals surface area contributed by atoms with Gasteiger partial charge in [0.15, 0.2) is 11.5 Å². The number of carbonyl (C=O) groups excluding carboxylic acids is 2. The van der Waals surface area contributed by atoms with Crippen molar-refractivity contribution < 1.29 is 23.5 Å². The second kappa shape index (κ2) is 14.3.